The zero-order chi connectivity index (χ0) is 8.15. The van der Waals surface area contributed by atoms with Gasteiger partial charge in [-0.1, -0.05) is 11.6 Å². The summed E-state index contributed by atoms with van der Waals surface area (Å²) in [4.78, 5) is 10.2. The lowest BCUT2D eigenvalue weighted by Crippen LogP contribution is -2.30. The number of hydrogen-bond acceptors (Lipinski definition) is 2. The number of hydrogen-bond donors (Lipinski definition) is 2. The summed E-state index contributed by atoms with van der Waals surface area (Å²) >= 11 is 0. The second-order valence-electron chi connectivity index (χ2n) is 2.28. The third kappa shape index (κ3) is 3.25. The zero-order valence-electron chi connectivity index (χ0n) is 6.29. The van der Waals surface area contributed by atoms with Gasteiger partial charge in [0, 0.05) is 0 Å². The monoisotopic (exact) mass is 143 g/mol. The van der Waals surface area contributed by atoms with E-state index in [1.165, 1.54) is 0 Å². The van der Waals surface area contributed by atoms with Crippen molar-refractivity contribution < 1.29 is 9.90 Å². The molecule has 10 heavy (non-hydrogen) atoms. The highest BCUT2D eigenvalue weighted by Gasteiger charge is 2.10. The van der Waals surface area contributed by atoms with E-state index in [4.69, 9.17) is 10.8 Å². The molecule has 0 saturated carbocycles. The summed E-state index contributed by atoms with van der Waals surface area (Å²) in [7, 11) is 0. The summed E-state index contributed by atoms with van der Waals surface area (Å²) in [5.74, 6) is -0.943. The Morgan fingerprint density at radius 1 is 1.80 bits per heavy atom. The number of carboxylic acid groups (broad SMARTS) is 1. The lowest BCUT2D eigenvalue weighted by molar-refractivity contribution is -0.138. The molecule has 0 rings (SSSR count). The van der Waals surface area contributed by atoms with Crippen LogP contribution in [0.5, 0.6) is 0 Å². The molecule has 0 aromatic carbocycles. The molecule has 3 N–H and O–H groups in total. The van der Waals surface area contributed by atoms with Crippen LogP contribution < -0.4 is 5.73 Å². The van der Waals surface area contributed by atoms with Gasteiger partial charge in [-0.25, -0.2) is 0 Å². The number of aliphatic carboxylic acids is 1. The van der Waals surface area contributed by atoms with Crippen LogP contribution in [0.25, 0.3) is 0 Å². The van der Waals surface area contributed by atoms with Crippen molar-refractivity contribution >= 4 is 5.97 Å². The Morgan fingerprint density at radius 2 is 2.30 bits per heavy atom. The van der Waals surface area contributed by atoms with Crippen LogP contribution in [0, 0.1) is 0 Å². The van der Waals surface area contributed by atoms with Gasteiger partial charge in [-0.2, -0.15) is 0 Å². The highest BCUT2D eigenvalue weighted by atomic mass is 16.4. The van der Waals surface area contributed by atoms with Gasteiger partial charge in [-0.05, 0) is 20.3 Å². The highest BCUT2D eigenvalue weighted by Crippen LogP contribution is 2.01. The molecule has 58 valence electrons. The molecule has 0 aliphatic carbocycles. The molecule has 1 atom stereocenters. The summed E-state index contributed by atoms with van der Waals surface area (Å²) in [6.45, 7) is 3.73. The average Bonchev–Trinajstić information content (AvgIpc) is 1.87. The number of carbonyl (C=O) groups is 1. The molecule has 0 aromatic heterocycles. The van der Waals surface area contributed by atoms with Gasteiger partial charge in [0.1, 0.15) is 6.04 Å². The van der Waals surface area contributed by atoms with Crippen molar-refractivity contribution in [3.63, 3.8) is 0 Å². The maximum Gasteiger partial charge on any atom is 0.320 e. The molecule has 1 unspecified atom stereocenters. The minimum absolute atomic E-state index is 0.436. The zero-order valence-corrected chi connectivity index (χ0v) is 6.29. The largest absolute Gasteiger partial charge is 0.480 e. The van der Waals surface area contributed by atoms with E-state index >= 15 is 0 Å². The van der Waals surface area contributed by atoms with Crippen LogP contribution >= 0.6 is 0 Å². The predicted octanol–water partition coefficient (Wildman–Crippen LogP) is 0.755. The van der Waals surface area contributed by atoms with Gasteiger partial charge in [0.15, 0.2) is 0 Å². The fourth-order valence-corrected chi connectivity index (χ4v) is 0.552. The van der Waals surface area contributed by atoms with Crippen molar-refractivity contribution in [2.45, 2.75) is 26.3 Å². The van der Waals surface area contributed by atoms with E-state index in [1.54, 1.807) is 0 Å². The van der Waals surface area contributed by atoms with Crippen molar-refractivity contribution in [1.29, 1.82) is 0 Å². The van der Waals surface area contributed by atoms with Gasteiger partial charge >= 0.3 is 5.97 Å². The molecule has 0 amide bonds. The second kappa shape index (κ2) is 4.06. The van der Waals surface area contributed by atoms with Crippen molar-refractivity contribution in [2.75, 3.05) is 0 Å². The van der Waals surface area contributed by atoms with Gasteiger partial charge in [0.05, 0.1) is 0 Å². The summed E-state index contributed by atoms with van der Waals surface area (Å²) in [6.07, 6.45) is 2.30. The molecule has 0 aromatic rings. The molecular formula is C7H13NO2. The topological polar surface area (TPSA) is 63.3 Å². The number of nitrogens with two attached hydrogens (primary N) is 1. The molecule has 0 aliphatic heterocycles. The van der Waals surface area contributed by atoms with Crippen molar-refractivity contribution in [2.24, 2.45) is 5.73 Å². The molecule has 0 fully saturated rings. The van der Waals surface area contributed by atoms with Crippen LogP contribution in [0.4, 0.5) is 0 Å². The van der Waals surface area contributed by atoms with Gasteiger partial charge in [0.25, 0.3) is 0 Å². The Hall–Kier alpha value is -0.830. The van der Waals surface area contributed by atoms with Crippen LogP contribution in [-0.4, -0.2) is 17.1 Å². The smallest absolute Gasteiger partial charge is 0.320 e. The van der Waals surface area contributed by atoms with Crippen molar-refractivity contribution in [3.8, 4) is 0 Å². The first kappa shape index (κ1) is 9.17. The first-order valence-electron chi connectivity index (χ1n) is 3.18. The predicted molar refractivity (Wildman–Crippen MR) is 39.7 cm³/mol. The molecule has 3 heteroatoms. The Balaban J connectivity index is 3.80. The molecule has 0 aliphatic rings. The molecular weight excluding hydrogens is 130 g/mol. The summed E-state index contributed by atoms with van der Waals surface area (Å²) < 4.78 is 0. The van der Waals surface area contributed by atoms with E-state index in [-0.39, 0.29) is 0 Å². The number of rotatable bonds is 3. The quantitative estimate of drug-likeness (QED) is 0.573. The maximum absolute atomic E-state index is 10.2. The first-order valence-corrected chi connectivity index (χ1v) is 3.18. The van der Waals surface area contributed by atoms with E-state index in [0.717, 1.165) is 5.57 Å². The van der Waals surface area contributed by atoms with E-state index < -0.39 is 12.0 Å². The second-order valence-corrected chi connectivity index (χ2v) is 2.28. The Morgan fingerprint density at radius 3 is 2.60 bits per heavy atom. The molecule has 0 saturated heterocycles. The third-order valence-electron chi connectivity index (χ3n) is 1.35. The Kier molecular flexibility index (Phi) is 3.72. The van der Waals surface area contributed by atoms with E-state index in [0.29, 0.717) is 6.42 Å². The van der Waals surface area contributed by atoms with Gasteiger partial charge in [0.2, 0.25) is 0 Å². The lowest BCUT2D eigenvalue weighted by Gasteiger charge is -2.04. The van der Waals surface area contributed by atoms with Gasteiger partial charge in [-0.15, -0.1) is 0 Å². The van der Waals surface area contributed by atoms with E-state index in [2.05, 4.69) is 0 Å². The summed E-state index contributed by atoms with van der Waals surface area (Å²) in [5, 5.41) is 8.37. The number of allylic oxidation sites excluding steroid dienone is 1. The van der Waals surface area contributed by atoms with Crippen molar-refractivity contribution in [1.82, 2.24) is 0 Å². The third-order valence-corrected chi connectivity index (χ3v) is 1.35. The van der Waals surface area contributed by atoms with Crippen LogP contribution in [0.2, 0.25) is 0 Å². The lowest BCUT2D eigenvalue weighted by atomic mass is 10.1. The Bertz CT molecular complexity index is 152. The Labute approximate surface area is 60.5 Å². The van der Waals surface area contributed by atoms with Crippen LogP contribution in [-0.2, 0) is 4.79 Å². The van der Waals surface area contributed by atoms with Gasteiger partial charge < -0.3 is 10.8 Å². The standard InChI is InChI=1S/C7H13NO2/c1-3-5(2)4-6(8)7(9)10/h3,6H,4,8H2,1-2H3,(H,9,10). The van der Waals surface area contributed by atoms with Crippen LogP contribution in [0.1, 0.15) is 20.3 Å². The molecule has 3 nitrogen and oxygen atoms in total. The minimum atomic E-state index is -0.943. The van der Waals surface area contributed by atoms with E-state index in [9.17, 15) is 4.79 Å². The van der Waals surface area contributed by atoms with E-state index in [1.807, 2.05) is 19.9 Å². The average molecular weight is 143 g/mol. The van der Waals surface area contributed by atoms with Gasteiger partial charge in [-0.3, -0.25) is 4.79 Å². The fraction of sp³-hybridized carbons (Fsp3) is 0.571. The van der Waals surface area contributed by atoms with Crippen LogP contribution in [0.15, 0.2) is 11.6 Å². The molecule has 0 heterocycles. The summed E-state index contributed by atoms with van der Waals surface area (Å²) in [5.41, 5.74) is 6.26. The minimum Gasteiger partial charge on any atom is -0.480 e. The number of carboxylic acids is 1. The highest BCUT2D eigenvalue weighted by molar-refractivity contribution is 5.73. The molecule has 0 bridgehead atoms. The maximum atomic E-state index is 10.2. The van der Waals surface area contributed by atoms with Crippen molar-refractivity contribution in [3.05, 3.63) is 11.6 Å². The molecule has 0 radical (unpaired) electrons. The van der Waals surface area contributed by atoms with Crippen LogP contribution in [0.3, 0.4) is 0 Å². The molecule has 0 spiro atoms. The summed E-state index contributed by atoms with van der Waals surface area (Å²) in [6, 6.07) is -0.754. The normalized spacial score (nSPS) is 14.9. The fourth-order valence-electron chi connectivity index (χ4n) is 0.552. The SMILES string of the molecule is CC=C(C)CC(N)C(=O)O. The first-order chi connectivity index (χ1) is 4.57.